The fourth-order valence-corrected chi connectivity index (χ4v) is 9.89. The monoisotopic (exact) mass is 1000 g/mol. The van der Waals surface area contributed by atoms with Crippen molar-refractivity contribution in [1.29, 1.82) is 0 Å². The molecule has 1 heterocycles. The van der Waals surface area contributed by atoms with Crippen LogP contribution in [0.2, 0.25) is 0 Å². The van der Waals surface area contributed by atoms with E-state index in [1.165, 1.54) is 31.4 Å². The Balaban J connectivity index is 2.32. The summed E-state index contributed by atoms with van der Waals surface area (Å²) >= 11 is 1.94. The molecule has 0 aliphatic carbocycles. The first kappa shape index (κ1) is 49.6. The van der Waals surface area contributed by atoms with Crippen molar-refractivity contribution in [3.63, 3.8) is 0 Å². The Morgan fingerprint density at radius 2 is 1.50 bits per heavy atom. The van der Waals surface area contributed by atoms with E-state index in [2.05, 4.69) is 0 Å². The SMILES string of the molecule is COCCN1/C(=C/C=C/C(=NCCCCCC(=O)O)C(C)(CCCS(=O)(=O)[O-])c2cc(S(=O)(=O)[O-])ccc2I)C(C)(CCCS(=O)(=O)[O-])c2cc(S(=O)(=O)[O-])ccc21. The lowest BCUT2D eigenvalue weighted by atomic mass is 9.74. The second-order valence-electron chi connectivity index (χ2n) is 14.2. The Morgan fingerprint density at radius 1 is 0.897 bits per heavy atom. The Kier molecular flexibility index (Phi) is 17.2. The van der Waals surface area contributed by atoms with Crippen LogP contribution >= 0.6 is 22.6 Å². The minimum Gasteiger partial charge on any atom is -0.748 e. The molecular weight excluding hydrogens is 956 g/mol. The Hall–Kier alpha value is -2.81. The van der Waals surface area contributed by atoms with Crippen LogP contribution in [0.25, 0.3) is 0 Å². The number of hydrogen-bond acceptors (Lipinski definition) is 16. The van der Waals surface area contributed by atoms with E-state index in [1.54, 1.807) is 37.0 Å². The maximum absolute atomic E-state index is 12.2. The molecule has 0 bridgehead atoms. The molecule has 0 saturated heterocycles. The van der Waals surface area contributed by atoms with Crippen molar-refractivity contribution in [2.75, 3.05) is 43.2 Å². The normalized spacial score (nSPS) is 18.5. The molecule has 0 spiro atoms. The predicted molar refractivity (Wildman–Crippen MR) is 219 cm³/mol. The molecule has 58 heavy (non-hydrogen) atoms. The van der Waals surface area contributed by atoms with Gasteiger partial charge in [-0.25, -0.2) is 33.7 Å². The molecule has 0 amide bonds. The van der Waals surface area contributed by atoms with E-state index in [0.29, 0.717) is 45.3 Å². The summed E-state index contributed by atoms with van der Waals surface area (Å²) in [6, 6.07) is 7.52. The van der Waals surface area contributed by atoms with Gasteiger partial charge in [0.25, 0.3) is 0 Å². The van der Waals surface area contributed by atoms with Crippen LogP contribution in [0.4, 0.5) is 5.69 Å². The molecule has 1 N–H and O–H groups in total. The van der Waals surface area contributed by atoms with Gasteiger partial charge in [0, 0.05) is 69.6 Å². The van der Waals surface area contributed by atoms with Gasteiger partial charge in [-0.3, -0.25) is 9.79 Å². The Morgan fingerprint density at radius 3 is 2.09 bits per heavy atom. The van der Waals surface area contributed by atoms with Gasteiger partial charge in [-0.2, -0.15) is 0 Å². The van der Waals surface area contributed by atoms with Crippen molar-refractivity contribution in [2.45, 2.75) is 85.8 Å². The summed E-state index contributed by atoms with van der Waals surface area (Å²) in [5.74, 6) is -2.46. The average molecular weight is 1000 g/mol. The molecule has 1 aliphatic heterocycles. The summed E-state index contributed by atoms with van der Waals surface area (Å²) in [6.07, 6.45) is 5.60. The molecule has 1 aliphatic rings. The third-order valence-corrected chi connectivity index (χ3v) is 14.1. The number of unbranched alkanes of at least 4 members (excludes halogenated alkanes) is 2. The molecule has 0 saturated carbocycles. The van der Waals surface area contributed by atoms with Gasteiger partial charge in [-0.1, -0.05) is 12.5 Å². The van der Waals surface area contributed by atoms with E-state index >= 15 is 0 Å². The van der Waals surface area contributed by atoms with Crippen LogP contribution in [0.5, 0.6) is 0 Å². The van der Waals surface area contributed by atoms with Gasteiger partial charge in [0.1, 0.15) is 20.2 Å². The molecule has 0 radical (unpaired) electrons. The number of carboxylic acid groups (broad SMARTS) is 1. The zero-order chi connectivity index (χ0) is 43.7. The van der Waals surface area contributed by atoms with Crippen LogP contribution in [0.3, 0.4) is 0 Å². The van der Waals surface area contributed by atoms with E-state index in [-0.39, 0.29) is 57.5 Å². The number of methoxy groups -OCH3 is 1. The molecule has 2 aromatic carbocycles. The van der Waals surface area contributed by atoms with Crippen LogP contribution in [-0.4, -0.2) is 107 Å². The molecule has 0 fully saturated rings. The van der Waals surface area contributed by atoms with Crippen LogP contribution in [0.15, 0.2) is 75.1 Å². The van der Waals surface area contributed by atoms with E-state index in [9.17, 15) is 56.7 Å². The standard InChI is InChI=1S/C36H49IN2O15S4/c1-35(17-8-22-55(42,43)44,28-24-26(57(48,49)50)13-15-30(28)37)32(38-19-6-4-5-12-34(40)41)10-7-11-33-36(2,18-9-23-56(45,46)47)29-25-27(58(51,52)53)14-16-31(29)39(33)20-21-54-3/h7,10-11,13-16,24-25H,4-6,8-9,12,17-23H2,1-3H3,(H,40,41)(H,42,43,44)(H,45,46,47)(H,48,49,50)(H,51,52,53)/p-4/b10-7+,33-11+,38-32?. The van der Waals surface area contributed by atoms with Crippen molar-refractivity contribution >= 4 is 80.4 Å². The van der Waals surface area contributed by atoms with Gasteiger partial charge in [-0.15, -0.1) is 0 Å². The number of aliphatic imine (C=N–C) groups is 1. The lowest BCUT2D eigenvalue weighted by molar-refractivity contribution is -0.137. The highest BCUT2D eigenvalue weighted by molar-refractivity contribution is 14.1. The summed E-state index contributed by atoms with van der Waals surface area (Å²) in [6.45, 7) is 3.86. The van der Waals surface area contributed by atoms with Crippen LogP contribution in [-0.2, 0) is 60.8 Å². The first-order valence-corrected chi connectivity index (χ1v) is 24.9. The Labute approximate surface area is 353 Å². The number of hydrogen-bond donors (Lipinski definition) is 1. The van der Waals surface area contributed by atoms with E-state index in [4.69, 9.17) is 14.8 Å². The van der Waals surface area contributed by atoms with Gasteiger partial charge in [0.05, 0.1) is 36.6 Å². The average Bonchev–Trinajstić information content (AvgIpc) is 3.31. The van der Waals surface area contributed by atoms with Gasteiger partial charge >= 0.3 is 5.97 Å². The third kappa shape index (κ3) is 13.9. The van der Waals surface area contributed by atoms with Crippen molar-refractivity contribution in [3.8, 4) is 0 Å². The van der Waals surface area contributed by atoms with E-state index < -0.39 is 78.6 Å². The van der Waals surface area contributed by atoms with Crippen LogP contribution < -0.4 is 4.90 Å². The number of allylic oxidation sites excluding steroid dienone is 4. The topological polar surface area (TPSA) is 291 Å². The fourth-order valence-electron chi connectivity index (χ4n) is 6.97. The highest BCUT2D eigenvalue weighted by atomic mass is 127. The largest absolute Gasteiger partial charge is 0.748 e. The number of fused-ring (bicyclic) bond motifs is 1. The summed E-state index contributed by atoms with van der Waals surface area (Å²) in [7, 11) is -17.8. The first-order chi connectivity index (χ1) is 26.7. The summed E-state index contributed by atoms with van der Waals surface area (Å²) in [5.41, 5.74) is -0.621. The maximum Gasteiger partial charge on any atom is 0.303 e. The second-order valence-corrected chi connectivity index (χ2v) is 21.1. The number of nitrogens with zero attached hydrogens (tertiary/aromatic N) is 2. The number of halogens is 1. The van der Waals surface area contributed by atoms with E-state index in [1.807, 2.05) is 22.6 Å². The van der Waals surface area contributed by atoms with Gasteiger partial charge < -0.3 is 33.0 Å². The molecule has 2 unspecified atom stereocenters. The Bertz CT molecular complexity index is 2360. The highest BCUT2D eigenvalue weighted by Crippen LogP contribution is 2.51. The van der Waals surface area contributed by atoms with Crippen molar-refractivity contribution in [3.05, 3.63) is 75.0 Å². The smallest absolute Gasteiger partial charge is 0.303 e. The maximum atomic E-state index is 12.2. The molecule has 2 atom stereocenters. The van der Waals surface area contributed by atoms with E-state index in [0.717, 1.165) is 12.1 Å². The van der Waals surface area contributed by atoms with Crippen molar-refractivity contribution in [1.82, 2.24) is 0 Å². The zero-order valence-corrected chi connectivity index (χ0v) is 37.4. The molecule has 324 valence electrons. The lowest BCUT2D eigenvalue weighted by Gasteiger charge is -2.33. The molecular formula is C36H45IN2O15S4-4. The molecule has 3 rings (SSSR count). The lowest BCUT2D eigenvalue weighted by Crippen LogP contribution is -2.34. The van der Waals surface area contributed by atoms with Gasteiger partial charge in [0.2, 0.25) is 0 Å². The number of ether oxygens (including phenoxy) is 1. The minimum atomic E-state index is -4.96. The van der Waals surface area contributed by atoms with Crippen molar-refractivity contribution in [2.24, 2.45) is 4.99 Å². The molecule has 0 aromatic heterocycles. The van der Waals surface area contributed by atoms with Crippen LogP contribution in [0, 0.1) is 3.57 Å². The number of carboxylic acids is 1. The summed E-state index contributed by atoms with van der Waals surface area (Å²) in [4.78, 5) is 16.6. The third-order valence-electron chi connectivity index (χ3n) is 9.88. The zero-order valence-electron chi connectivity index (χ0n) is 32.0. The predicted octanol–water partition coefficient (Wildman–Crippen LogP) is 3.96. The molecule has 22 heteroatoms. The fraction of sp³-hybridized carbons (Fsp3) is 0.500. The van der Waals surface area contributed by atoms with Gasteiger partial charge in [0.15, 0.2) is 0 Å². The summed E-state index contributed by atoms with van der Waals surface area (Å²) < 4.78 is 149. The van der Waals surface area contributed by atoms with Crippen LogP contribution in [0.1, 0.15) is 76.3 Å². The second kappa shape index (κ2) is 20.2. The van der Waals surface area contributed by atoms with Crippen molar-refractivity contribution < 1.29 is 66.5 Å². The highest BCUT2D eigenvalue weighted by Gasteiger charge is 2.43. The number of carbonyl (C=O) groups is 1. The number of rotatable bonds is 23. The first-order valence-electron chi connectivity index (χ1n) is 17.9. The summed E-state index contributed by atoms with van der Waals surface area (Å²) in [5, 5.41) is 9.05. The molecule has 2 aromatic rings. The number of benzene rings is 2. The number of anilines is 1. The minimum absolute atomic E-state index is 0.0142. The molecule has 17 nitrogen and oxygen atoms in total. The number of aliphatic carboxylic acids is 1. The quantitative estimate of drug-likeness (QED) is 0.0713. The van der Waals surface area contributed by atoms with Gasteiger partial charge in [-0.05, 0) is 135 Å².